The summed E-state index contributed by atoms with van der Waals surface area (Å²) in [4.78, 5) is 31.6. The number of hydrogen-bond donors (Lipinski definition) is 2. The molecular formula is C39H52ClN3O6S. The van der Waals surface area contributed by atoms with Gasteiger partial charge < -0.3 is 24.4 Å². The van der Waals surface area contributed by atoms with Gasteiger partial charge in [-0.25, -0.2) is 4.21 Å². The number of nitrogens with one attached hydrogen (secondary N) is 1. The second kappa shape index (κ2) is 14.0. The second-order valence-corrected chi connectivity index (χ2v) is 18.6. The van der Waals surface area contributed by atoms with Crippen molar-refractivity contribution in [2.45, 2.75) is 87.9 Å². The van der Waals surface area contributed by atoms with Crippen LogP contribution in [0.15, 0.2) is 36.4 Å². The van der Waals surface area contributed by atoms with Crippen LogP contribution in [-0.4, -0.2) is 88.8 Å². The minimum atomic E-state index is -3.00. The summed E-state index contributed by atoms with van der Waals surface area (Å²) in [6, 6.07) is 11.7. The number of aliphatic hydroxyl groups is 1. The number of hydrogen-bond acceptors (Lipinski definition) is 7. The average Bonchev–Trinajstić information content (AvgIpc) is 3.22. The zero-order chi connectivity index (χ0) is 35.3. The van der Waals surface area contributed by atoms with Crippen molar-refractivity contribution in [2.75, 3.05) is 50.9 Å². The molecule has 0 aromatic heterocycles. The fourth-order valence-corrected chi connectivity index (χ4v) is 11.0. The van der Waals surface area contributed by atoms with Gasteiger partial charge in [-0.1, -0.05) is 31.0 Å². The fraction of sp³-hybridized carbons (Fsp3) is 0.615. The number of morpholine rings is 1. The van der Waals surface area contributed by atoms with E-state index < -0.39 is 21.2 Å². The lowest BCUT2D eigenvalue weighted by atomic mass is 9.61. The maximum absolute atomic E-state index is 13.9. The van der Waals surface area contributed by atoms with Crippen LogP contribution in [-0.2, 0) is 31.1 Å². The normalized spacial score (nSPS) is 34.8. The first kappa shape index (κ1) is 35.6. The number of amides is 2. The van der Waals surface area contributed by atoms with Crippen molar-refractivity contribution in [3.05, 3.63) is 58.1 Å². The Hall–Kier alpha value is -2.79. The quantitative estimate of drug-likeness (QED) is 0.400. The Morgan fingerprint density at radius 1 is 1.10 bits per heavy atom. The Labute approximate surface area is 302 Å². The zero-order valence-electron chi connectivity index (χ0n) is 29.5. The number of aryl methyl sites for hydroxylation is 1. The van der Waals surface area contributed by atoms with E-state index in [1.807, 2.05) is 36.9 Å². The molecule has 2 bridgehead atoms. The van der Waals surface area contributed by atoms with E-state index >= 15 is 0 Å². The number of anilines is 1. The van der Waals surface area contributed by atoms with Gasteiger partial charge in [0.25, 0.3) is 5.91 Å². The van der Waals surface area contributed by atoms with Crippen LogP contribution >= 0.6 is 11.6 Å². The average molecular weight is 726 g/mol. The molecule has 2 fully saturated rings. The first-order valence-electron chi connectivity index (χ1n) is 18.4. The van der Waals surface area contributed by atoms with E-state index in [0.717, 1.165) is 42.8 Å². The summed E-state index contributed by atoms with van der Waals surface area (Å²) >= 11 is 6.47. The van der Waals surface area contributed by atoms with Gasteiger partial charge in [-0.3, -0.25) is 14.3 Å². The van der Waals surface area contributed by atoms with Gasteiger partial charge in [-0.2, -0.15) is 0 Å². The fourth-order valence-electron chi connectivity index (χ4n) is 9.27. The molecule has 7 atom stereocenters. The van der Waals surface area contributed by atoms with Gasteiger partial charge in [-0.05, 0) is 117 Å². The third kappa shape index (κ3) is 6.89. The predicted molar refractivity (Wildman–Crippen MR) is 199 cm³/mol. The molecule has 50 heavy (non-hydrogen) atoms. The van der Waals surface area contributed by atoms with Crippen molar-refractivity contribution in [2.24, 2.45) is 17.8 Å². The number of fused-ring (bicyclic) bond motifs is 4. The summed E-state index contributed by atoms with van der Waals surface area (Å²) in [5.74, 6) is 4.35. The molecule has 2 N–H and O–H groups in total. The summed E-state index contributed by atoms with van der Waals surface area (Å²) in [5.41, 5.74) is 2.26. The molecule has 1 spiro atoms. The van der Waals surface area contributed by atoms with Crippen molar-refractivity contribution in [3.63, 3.8) is 0 Å². The molecule has 3 aliphatic heterocycles. The Morgan fingerprint density at radius 2 is 1.90 bits per heavy atom. The van der Waals surface area contributed by atoms with Crippen molar-refractivity contribution in [3.8, 4) is 5.75 Å². The van der Waals surface area contributed by atoms with Gasteiger partial charge in [0.2, 0.25) is 5.91 Å². The summed E-state index contributed by atoms with van der Waals surface area (Å²) in [7, 11) is -3.00. The molecule has 272 valence electrons. The highest BCUT2D eigenvalue weighted by Gasteiger charge is 2.50. The highest BCUT2D eigenvalue weighted by molar-refractivity contribution is 7.99. The Morgan fingerprint density at radius 3 is 2.66 bits per heavy atom. The molecule has 5 aliphatic rings. The number of benzene rings is 2. The molecule has 2 aromatic rings. The summed E-state index contributed by atoms with van der Waals surface area (Å²) < 4.78 is 28.9. The Balaban J connectivity index is 1.28. The van der Waals surface area contributed by atoms with Crippen LogP contribution in [0.1, 0.15) is 86.7 Å². The molecule has 0 radical (unpaired) electrons. The van der Waals surface area contributed by atoms with Crippen LogP contribution < -0.4 is 14.4 Å². The second-order valence-electron chi connectivity index (χ2n) is 15.7. The number of nitrogens with zero attached hydrogens (tertiary/aromatic N) is 2. The third-order valence-electron chi connectivity index (χ3n) is 12.6. The van der Waals surface area contributed by atoms with Crippen LogP contribution in [0.25, 0.3) is 0 Å². The van der Waals surface area contributed by atoms with E-state index in [-0.39, 0.29) is 40.7 Å². The number of carbonyl (C=O) groups excluding carboxylic acids is 2. The molecule has 11 heteroatoms. The SMILES string of the molecule is C=S1(=O)NC(=O)c2ccc3c(c2)N(C[C@@H]2CC[C@H]2[C@@](O)(CC(=O)N2CCOCC2)CCC[C@H](C)[C@H]1C)C[C@@]1(CCCc2cc(Cl)ccc21)CO3. The molecule has 1 saturated heterocycles. The third-order valence-corrected chi connectivity index (χ3v) is 15.1. The maximum Gasteiger partial charge on any atom is 0.262 e. The maximum atomic E-state index is 13.9. The lowest BCUT2D eigenvalue weighted by molar-refractivity contribution is -0.149. The van der Waals surface area contributed by atoms with Gasteiger partial charge in [0, 0.05) is 47.4 Å². The minimum absolute atomic E-state index is 0.0182. The molecule has 1 unspecified atom stereocenters. The Bertz CT molecular complexity index is 1730. The standard InChI is InChI=1S/C39H52ClN3O6S/c1-26-6-4-15-39(46,22-36(44)42-16-18-48-19-17-42)33-11-8-30(33)23-43-24-38(14-5-7-28-20-31(40)10-12-32(28)38)25-49-35-13-9-29(21-34(35)43)37(45)41-50(3,47)27(26)2/h9-10,12-13,20-21,26-27,30,33,46H,3-8,11,14-19,22-25H2,1-2H3,(H,41,45,47)/t26-,27+,30-,33+,38-,39-,50?/m0/s1. The lowest BCUT2D eigenvalue weighted by Crippen LogP contribution is -2.55. The number of halogens is 1. The molecule has 7 rings (SSSR count). The zero-order valence-corrected chi connectivity index (χ0v) is 31.0. The molecule has 2 amide bonds. The number of carbonyl (C=O) groups is 2. The van der Waals surface area contributed by atoms with Crippen LogP contribution in [0.5, 0.6) is 5.75 Å². The largest absolute Gasteiger partial charge is 0.490 e. The first-order chi connectivity index (χ1) is 23.9. The number of rotatable bonds is 2. The van der Waals surface area contributed by atoms with Gasteiger partial charge in [-0.15, -0.1) is 0 Å². The van der Waals surface area contributed by atoms with Gasteiger partial charge in [0.05, 0.1) is 47.2 Å². The van der Waals surface area contributed by atoms with E-state index in [1.165, 1.54) is 11.1 Å². The van der Waals surface area contributed by atoms with Crippen molar-refractivity contribution < 1.29 is 28.4 Å². The van der Waals surface area contributed by atoms with E-state index in [2.05, 4.69) is 27.6 Å². The molecule has 2 aromatic carbocycles. The van der Waals surface area contributed by atoms with Crippen molar-refractivity contribution >= 4 is 44.7 Å². The van der Waals surface area contributed by atoms with Crippen LogP contribution in [0.3, 0.4) is 0 Å². The summed E-state index contributed by atoms with van der Waals surface area (Å²) in [6.07, 6.45) is 6.66. The van der Waals surface area contributed by atoms with E-state index in [0.29, 0.717) is 76.6 Å². The van der Waals surface area contributed by atoms with Gasteiger partial charge in [0.1, 0.15) is 5.75 Å². The number of ether oxygens (including phenoxy) is 2. The summed E-state index contributed by atoms with van der Waals surface area (Å²) in [5, 5.41) is 13.0. The highest BCUT2D eigenvalue weighted by atomic mass is 35.5. The van der Waals surface area contributed by atoms with Crippen LogP contribution in [0.2, 0.25) is 5.02 Å². The van der Waals surface area contributed by atoms with Crippen LogP contribution in [0.4, 0.5) is 5.69 Å². The van der Waals surface area contributed by atoms with Crippen LogP contribution in [0, 0.1) is 17.8 Å². The lowest BCUT2D eigenvalue weighted by Gasteiger charge is -2.50. The highest BCUT2D eigenvalue weighted by Crippen LogP contribution is 2.50. The minimum Gasteiger partial charge on any atom is -0.490 e. The first-order valence-corrected chi connectivity index (χ1v) is 20.6. The van der Waals surface area contributed by atoms with E-state index in [9.17, 15) is 18.9 Å². The smallest absolute Gasteiger partial charge is 0.262 e. The van der Waals surface area contributed by atoms with Crippen molar-refractivity contribution in [1.82, 2.24) is 9.62 Å². The monoisotopic (exact) mass is 725 g/mol. The van der Waals surface area contributed by atoms with Gasteiger partial charge in [0.15, 0.2) is 0 Å². The Kier molecular flexibility index (Phi) is 9.95. The van der Waals surface area contributed by atoms with E-state index in [1.54, 1.807) is 6.07 Å². The molecular weight excluding hydrogens is 674 g/mol. The van der Waals surface area contributed by atoms with Crippen molar-refractivity contribution in [1.29, 1.82) is 0 Å². The molecule has 9 nitrogen and oxygen atoms in total. The summed E-state index contributed by atoms with van der Waals surface area (Å²) in [6.45, 7) is 7.85. The van der Waals surface area contributed by atoms with E-state index in [4.69, 9.17) is 21.1 Å². The molecule has 1 saturated carbocycles. The topological polar surface area (TPSA) is 108 Å². The predicted octanol–water partition coefficient (Wildman–Crippen LogP) is 5.39. The molecule has 3 heterocycles. The van der Waals surface area contributed by atoms with Gasteiger partial charge >= 0.3 is 0 Å². The molecule has 2 aliphatic carbocycles.